The van der Waals surface area contributed by atoms with Crippen molar-refractivity contribution in [1.82, 2.24) is 0 Å². The quantitative estimate of drug-likeness (QED) is 0.100. The van der Waals surface area contributed by atoms with Gasteiger partial charge in [-0.3, -0.25) is 9.59 Å². The summed E-state index contributed by atoms with van der Waals surface area (Å²) in [6.45, 7) is 45.5. The van der Waals surface area contributed by atoms with Gasteiger partial charge in [-0.15, -0.1) is 0 Å². The topological polar surface area (TPSA) is 126 Å². The summed E-state index contributed by atoms with van der Waals surface area (Å²) >= 11 is 0. The van der Waals surface area contributed by atoms with Crippen molar-refractivity contribution in [2.24, 2.45) is 85.8 Å². The standard InChI is InChI=1S/C33H52O4.C32H48O4/c1-18(2)19(3)11-12-20(4)24-14-15-25-23-13-16-26-31(7,8)29(36)21(5)17-32(26,9)27(23)28(35)30(33(24,25)10)37-22(6)34;1-17(2)18(3)10-11-19(4)22-13-14-23-21-12-15-25-30(6,7)28-24(36-28)16-31(25,8)26(21)27(34)29(32(22,23)9)35-20(5)33/h15,18,20-21,24,26,28-30,35-36H,3,11-14,16-17H2,1-2,4-10H3;14,17,19,22,24-25,27-29,34H,3,10-13,15-16H2,1-2,4-9H3/t20-,21-,24-,26+,28-,29+,30+,32?,33?;19-,22-,24+,25+,27-,28+,29+,31?,32?/m11/s1. The first-order valence-electron chi connectivity index (χ1n) is 29.1. The van der Waals surface area contributed by atoms with E-state index in [0.717, 1.165) is 88.2 Å². The molecule has 9 rings (SSSR count). The molecule has 8 nitrogen and oxygen atoms in total. The Morgan fingerprint density at radius 2 is 1.05 bits per heavy atom. The molecule has 9 aliphatic rings. The van der Waals surface area contributed by atoms with Crippen molar-refractivity contribution in [3.8, 4) is 0 Å². The molecule has 0 aromatic heterocycles. The van der Waals surface area contributed by atoms with E-state index in [1.807, 2.05) is 0 Å². The highest BCUT2D eigenvalue weighted by Crippen LogP contribution is 2.71. The van der Waals surface area contributed by atoms with Crippen LogP contribution in [0, 0.1) is 85.8 Å². The first-order valence-corrected chi connectivity index (χ1v) is 29.1. The number of carbonyl (C=O) groups is 2. The molecule has 18 atom stereocenters. The Balaban J connectivity index is 0.000000195. The van der Waals surface area contributed by atoms with Crippen molar-refractivity contribution in [3.63, 3.8) is 0 Å². The van der Waals surface area contributed by atoms with Crippen LogP contribution in [0.4, 0.5) is 0 Å². The van der Waals surface area contributed by atoms with Crippen LogP contribution in [0.25, 0.3) is 0 Å². The lowest BCUT2D eigenvalue weighted by molar-refractivity contribution is -0.170. The second-order valence-electron chi connectivity index (χ2n) is 28.5. The van der Waals surface area contributed by atoms with E-state index < -0.39 is 29.8 Å². The Hall–Kier alpha value is -2.78. The van der Waals surface area contributed by atoms with E-state index in [1.54, 1.807) is 0 Å². The highest BCUT2D eigenvalue weighted by atomic mass is 16.6. The number of allylic oxidation sites excluding steroid dienone is 6. The van der Waals surface area contributed by atoms with Gasteiger partial charge in [0.1, 0.15) is 24.4 Å². The third kappa shape index (κ3) is 8.92. The zero-order valence-corrected chi connectivity index (χ0v) is 48.7. The average molecular weight is 1010 g/mol. The fourth-order valence-electron chi connectivity index (χ4n) is 18.9. The van der Waals surface area contributed by atoms with Gasteiger partial charge in [0, 0.05) is 24.7 Å². The van der Waals surface area contributed by atoms with E-state index in [1.165, 1.54) is 47.3 Å². The summed E-state index contributed by atoms with van der Waals surface area (Å²) in [5, 5.41) is 35.5. The highest BCUT2D eigenvalue weighted by molar-refractivity contribution is 5.68. The number of aliphatic hydroxyl groups is 3. The summed E-state index contributed by atoms with van der Waals surface area (Å²) in [6.07, 6.45) is 14.2. The van der Waals surface area contributed by atoms with Gasteiger partial charge >= 0.3 is 11.9 Å². The molecule has 0 aromatic carbocycles. The molecule has 0 radical (unpaired) electrons. The molecule has 0 amide bonds. The number of hydrogen-bond acceptors (Lipinski definition) is 8. The van der Waals surface area contributed by atoms with Crippen LogP contribution in [-0.2, 0) is 23.8 Å². The SMILES string of the molecule is C=C(CC[C@@H](C)[C@H]1CC=C2C3=C([C@@H](O)[C@H](OC(C)=O)C21C)C1(C)C[C@@H](C)[C@H](O)C(C)(C)[C@@H]1CC3)C(C)C.C=C(CC[C@@H](C)[C@H]1CC=C2C3=C([C@@H](O)[C@H](OC(C)=O)C21C)C1(C)C[C@@H]2O[C@@H]2C(C)(C)[C@@H]1CC3)C(C)C. The van der Waals surface area contributed by atoms with Gasteiger partial charge in [-0.1, -0.05) is 140 Å². The third-order valence-corrected chi connectivity index (χ3v) is 22.9. The Bertz CT molecular complexity index is 2340. The normalized spacial score (nSPS) is 42.3. The molecule has 0 bridgehead atoms. The van der Waals surface area contributed by atoms with Crippen LogP contribution in [0.3, 0.4) is 0 Å². The first-order chi connectivity index (χ1) is 33.8. The molecule has 408 valence electrons. The highest BCUT2D eigenvalue weighted by Gasteiger charge is 2.69. The molecular weight excluding hydrogens is 909 g/mol. The number of ether oxygens (including phenoxy) is 3. The van der Waals surface area contributed by atoms with Gasteiger partial charge in [-0.2, -0.15) is 0 Å². The Morgan fingerprint density at radius 3 is 1.45 bits per heavy atom. The van der Waals surface area contributed by atoms with E-state index >= 15 is 0 Å². The monoisotopic (exact) mass is 1010 g/mol. The fourth-order valence-corrected chi connectivity index (χ4v) is 18.9. The van der Waals surface area contributed by atoms with Crippen molar-refractivity contribution in [2.75, 3.05) is 0 Å². The summed E-state index contributed by atoms with van der Waals surface area (Å²) in [7, 11) is 0. The number of hydrogen-bond donors (Lipinski definition) is 3. The minimum Gasteiger partial charge on any atom is -0.458 e. The number of fused-ring (bicyclic) bond motifs is 9. The molecule has 3 N–H and O–H groups in total. The summed E-state index contributed by atoms with van der Waals surface area (Å²) in [5.41, 5.74) is 8.82. The molecule has 73 heavy (non-hydrogen) atoms. The van der Waals surface area contributed by atoms with Gasteiger partial charge in [-0.25, -0.2) is 0 Å². The van der Waals surface area contributed by atoms with Gasteiger partial charge in [0.05, 0.1) is 18.3 Å². The van der Waals surface area contributed by atoms with Crippen LogP contribution in [0.2, 0.25) is 0 Å². The summed E-state index contributed by atoms with van der Waals surface area (Å²) in [4.78, 5) is 24.9. The molecular formula is C65H100O8. The van der Waals surface area contributed by atoms with Crippen molar-refractivity contribution >= 4 is 11.9 Å². The second kappa shape index (κ2) is 19.6. The molecule has 1 aliphatic heterocycles. The maximum atomic E-state index is 12.5. The smallest absolute Gasteiger partial charge is 0.303 e. The minimum atomic E-state index is -0.828. The molecule has 1 saturated heterocycles. The van der Waals surface area contributed by atoms with Crippen LogP contribution < -0.4 is 0 Å². The second-order valence-corrected chi connectivity index (χ2v) is 28.5. The number of epoxide rings is 1. The zero-order chi connectivity index (χ0) is 54.0. The minimum absolute atomic E-state index is 0.0769. The van der Waals surface area contributed by atoms with Crippen LogP contribution in [-0.4, -0.2) is 70.0 Å². The van der Waals surface area contributed by atoms with Gasteiger partial charge < -0.3 is 29.5 Å². The van der Waals surface area contributed by atoms with Gasteiger partial charge in [-0.05, 0) is 185 Å². The molecule has 0 aromatic rings. The van der Waals surface area contributed by atoms with E-state index in [9.17, 15) is 24.9 Å². The van der Waals surface area contributed by atoms with Crippen molar-refractivity contribution in [2.45, 2.75) is 237 Å². The van der Waals surface area contributed by atoms with Gasteiger partial charge in [0.15, 0.2) is 0 Å². The van der Waals surface area contributed by atoms with Gasteiger partial charge in [0.2, 0.25) is 0 Å². The Labute approximate surface area is 442 Å². The lowest BCUT2D eigenvalue weighted by Crippen LogP contribution is -2.61. The van der Waals surface area contributed by atoms with Crippen LogP contribution in [0.1, 0.15) is 195 Å². The molecule has 3 fully saturated rings. The molecule has 2 saturated carbocycles. The maximum Gasteiger partial charge on any atom is 0.303 e. The Morgan fingerprint density at radius 1 is 0.658 bits per heavy atom. The van der Waals surface area contributed by atoms with Crippen LogP contribution >= 0.6 is 0 Å². The van der Waals surface area contributed by atoms with Crippen molar-refractivity contribution < 1.29 is 39.1 Å². The zero-order valence-electron chi connectivity index (χ0n) is 48.7. The molecule has 8 aliphatic carbocycles. The van der Waals surface area contributed by atoms with E-state index in [0.29, 0.717) is 47.5 Å². The summed E-state index contributed by atoms with van der Waals surface area (Å²) in [5.74, 6) is 2.66. The lowest BCUT2D eigenvalue weighted by atomic mass is 9.44. The predicted octanol–water partition coefficient (Wildman–Crippen LogP) is 13.8. The lowest BCUT2D eigenvalue weighted by Gasteiger charge is -2.62. The van der Waals surface area contributed by atoms with Crippen LogP contribution in [0.5, 0.6) is 0 Å². The van der Waals surface area contributed by atoms with E-state index in [2.05, 4.69) is 129 Å². The van der Waals surface area contributed by atoms with Crippen molar-refractivity contribution in [1.29, 1.82) is 0 Å². The molecule has 1 heterocycles. The maximum absolute atomic E-state index is 12.5. The number of esters is 2. The molecule has 8 heteroatoms. The van der Waals surface area contributed by atoms with E-state index in [4.69, 9.17) is 14.2 Å². The Kier molecular flexibility index (Phi) is 15.1. The first kappa shape index (κ1) is 56.4. The number of rotatable bonds is 12. The van der Waals surface area contributed by atoms with Crippen molar-refractivity contribution in [3.05, 3.63) is 69.9 Å². The fraction of sp³-hybridized carbons (Fsp3) is 0.785. The largest absolute Gasteiger partial charge is 0.458 e. The average Bonchev–Trinajstić information content (AvgIpc) is 3.86. The predicted molar refractivity (Wildman–Crippen MR) is 293 cm³/mol. The summed E-state index contributed by atoms with van der Waals surface area (Å²) < 4.78 is 18.4. The number of carbonyl (C=O) groups excluding carboxylic acids is 2. The third-order valence-electron chi connectivity index (χ3n) is 22.9. The van der Waals surface area contributed by atoms with E-state index in [-0.39, 0.29) is 63.1 Å². The number of aliphatic hydroxyl groups excluding tert-OH is 3. The molecule has 0 spiro atoms. The summed E-state index contributed by atoms with van der Waals surface area (Å²) in [6, 6.07) is 0. The van der Waals surface area contributed by atoms with Gasteiger partial charge in [0.25, 0.3) is 0 Å². The van der Waals surface area contributed by atoms with Crippen LogP contribution in [0.15, 0.2) is 69.9 Å². The molecule has 4 unspecified atom stereocenters.